The molecule has 2 aliphatic carbocycles. The van der Waals surface area contributed by atoms with E-state index in [2.05, 4.69) is 0 Å². The standard InChI is InChI=1S/C16H17F2NO/c1-3-16-5-4-12(20)8(2)13(16)9-6-11(17)15(19)14(18)10(9)7-16/h6H,3-5,7,19H2,1-2H3. The summed E-state index contributed by atoms with van der Waals surface area (Å²) in [6.07, 6.45) is 2.50. The van der Waals surface area contributed by atoms with Gasteiger partial charge in [0.15, 0.2) is 11.6 Å². The van der Waals surface area contributed by atoms with Gasteiger partial charge < -0.3 is 5.73 Å². The molecule has 1 unspecified atom stereocenters. The lowest BCUT2D eigenvalue weighted by Gasteiger charge is -2.34. The summed E-state index contributed by atoms with van der Waals surface area (Å²) in [6.45, 7) is 3.80. The van der Waals surface area contributed by atoms with Crippen LogP contribution in [-0.2, 0) is 11.2 Å². The summed E-state index contributed by atoms with van der Waals surface area (Å²) in [6, 6.07) is 1.29. The first-order valence-electron chi connectivity index (χ1n) is 6.92. The zero-order chi connectivity index (χ0) is 14.7. The molecule has 0 aliphatic heterocycles. The third-order valence-electron chi connectivity index (χ3n) is 4.97. The lowest BCUT2D eigenvalue weighted by molar-refractivity contribution is -0.116. The van der Waals surface area contributed by atoms with E-state index < -0.39 is 17.3 Å². The van der Waals surface area contributed by atoms with E-state index in [0.717, 1.165) is 12.0 Å². The van der Waals surface area contributed by atoms with Crippen LogP contribution in [0.3, 0.4) is 0 Å². The van der Waals surface area contributed by atoms with Gasteiger partial charge in [0.25, 0.3) is 0 Å². The number of anilines is 1. The van der Waals surface area contributed by atoms with E-state index >= 15 is 0 Å². The Hall–Kier alpha value is -1.71. The molecular weight excluding hydrogens is 260 g/mol. The van der Waals surface area contributed by atoms with Crippen LogP contribution >= 0.6 is 0 Å². The second-order valence-corrected chi connectivity index (χ2v) is 5.85. The predicted octanol–water partition coefficient (Wildman–Crippen LogP) is 3.64. The molecule has 20 heavy (non-hydrogen) atoms. The highest BCUT2D eigenvalue weighted by Crippen LogP contribution is 2.56. The maximum absolute atomic E-state index is 14.3. The average molecular weight is 277 g/mol. The van der Waals surface area contributed by atoms with Crippen molar-refractivity contribution in [2.75, 3.05) is 5.73 Å². The van der Waals surface area contributed by atoms with Gasteiger partial charge in [-0.3, -0.25) is 4.79 Å². The van der Waals surface area contributed by atoms with Crippen LogP contribution in [0.2, 0.25) is 0 Å². The molecule has 4 heteroatoms. The van der Waals surface area contributed by atoms with Gasteiger partial charge in [0, 0.05) is 11.8 Å². The van der Waals surface area contributed by atoms with Crippen molar-refractivity contribution in [3.05, 3.63) is 34.4 Å². The molecule has 0 fully saturated rings. The lowest BCUT2D eigenvalue weighted by atomic mass is 9.68. The van der Waals surface area contributed by atoms with Crippen molar-refractivity contribution in [1.82, 2.24) is 0 Å². The van der Waals surface area contributed by atoms with Crippen molar-refractivity contribution in [2.45, 2.75) is 39.5 Å². The normalized spacial score (nSPS) is 24.9. The fourth-order valence-electron chi connectivity index (χ4n) is 3.76. The third-order valence-corrected chi connectivity index (χ3v) is 4.97. The maximum atomic E-state index is 14.3. The summed E-state index contributed by atoms with van der Waals surface area (Å²) in [4.78, 5) is 12.0. The third kappa shape index (κ3) is 1.51. The molecule has 0 saturated heterocycles. The zero-order valence-electron chi connectivity index (χ0n) is 11.6. The number of ketones is 1. The Kier molecular flexibility index (Phi) is 2.75. The molecule has 0 heterocycles. The van der Waals surface area contributed by atoms with E-state index in [9.17, 15) is 13.6 Å². The number of Topliss-reactive ketones (excluding diaryl/α,β-unsaturated/α-hetero) is 1. The molecule has 3 rings (SSSR count). The minimum atomic E-state index is -0.744. The molecule has 1 atom stereocenters. The molecule has 0 spiro atoms. The molecule has 106 valence electrons. The van der Waals surface area contributed by atoms with Crippen LogP contribution in [0.4, 0.5) is 14.5 Å². The van der Waals surface area contributed by atoms with Crippen molar-refractivity contribution in [1.29, 1.82) is 0 Å². The van der Waals surface area contributed by atoms with E-state index in [0.29, 0.717) is 36.0 Å². The fourth-order valence-corrected chi connectivity index (χ4v) is 3.76. The summed E-state index contributed by atoms with van der Waals surface area (Å²) in [5.41, 5.74) is 7.31. The molecule has 2 nitrogen and oxygen atoms in total. The SMILES string of the molecule is CCC12CCC(=O)C(C)=C1c1cc(F)c(N)c(F)c1C2. The summed E-state index contributed by atoms with van der Waals surface area (Å²) in [5, 5.41) is 0. The van der Waals surface area contributed by atoms with Crippen LogP contribution < -0.4 is 5.73 Å². The molecule has 0 bridgehead atoms. The number of nitrogen functional groups attached to an aromatic ring is 1. The molecule has 0 radical (unpaired) electrons. The summed E-state index contributed by atoms with van der Waals surface area (Å²) >= 11 is 0. The predicted molar refractivity (Wildman–Crippen MR) is 74.0 cm³/mol. The number of halogens is 2. The lowest BCUT2D eigenvalue weighted by Crippen LogP contribution is -2.27. The van der Waals surface area contributed by atoms with E-state index in [4.69, 9.17) is 5.73 Å². The number of carbonyl (C=O) groups excluding carboxylic acids is 1. The van der Waals surface area contributed by atoms with Crippen LogP contribution in [0.1, 0.15) is 44.2 Å². The van der Waals surface area contributed by atoms with E-state index in [1.54, 1.807) is 6.92 Å². The van der Waals surface area contributed by atoms with Crippen LogP contribution in [0, 0.1) is 17.0 Å². The number of hydrogen-bond donors (Lipinski definition) is 1. The first-order chi connectivity index (χ1) is 9.41. The molecular formula is C16H17F2NO. The number of carbonyl (C=O) groups is 1. The van der Waals surface area contributed by atoms with Gasteiger partial charge >= 0.3 is 0 Å². The van der Waals surface area contributed by atoms with E-state index in [1.165, 1.54) is 6.07 Å². The quantitative estimate of drug-likeness (QED) is 0.796. The first kappa shape index (κ1) is 13.3. The molecule has 1 aromatic carbocycles. The summed E-state index contributed by atoms with van der Waals surface area (Å²) in [5.74, 6) is -1.32. The number of rotatable bonds is 1. The Bertz CT molecular complexity index is 663. The smallest absolute Gasteiger partial charge is 0.158 e. The van der Waals surface area contributed by atoms with Crippen LogP contribution in [0.15, 0.2) is 11.6 Å². The van der Waals surface area contributed by atoms with Gasteiger partial charge in [-0.05, 0) is 54.5 Å². The van der Waals surface area contributed by atoms with Crippen molar-refractivity contribution in [3.63, 3.8) is 0 Å². The highest BCUT2D eigenvalue weighted by molar-refractivity contribution is 6.06. The molecule has 2 N–H and O–H groups in total. The van der Waals surface area contributed by atoms with Gasteiger partial charge in [-0.1, -0.05) is 6.92 Å². The van der Waals surface area contributed by atoms with Gasteiger partial charge in [-0.15, -0.1) is 0 Å². The Morgan fingerprint density at radius 2 is 2.10 bits per heavy atom. The second-order valence-electron chi connectivity index (χ2n) is 5.85. The van der Waals surface area contributed by atoms with Crippen LogP contribution in [0.25, 0.3) is 5.57 Å². The van der Waals surface area contributed by atoms with Crippen molar-refractivity contribution >= 4 is 17.0 Å². The van der Waals surface area contributed by atoms with Crippen LogP contribution in [-0.4, -0.2) is 5.78 Å². The topological polar surface area (TPSA) is 43.1 Å². The average Bonchev–Trinajstić information content (AvgIpc) is 2.77. The molecule has 0 aromatic heterocycles. The van der Waals surface area contributed by atoms with Gasteiger partial charge in [0.1, 0.15) is 11.5 Å². The Morgan fingerprint density at radius 1 is 1.40 bits per heavy atom. The minimum Gasteiger partial charge on any atom is -0.394 e. The Labute approximate surface area is 116 Å². The number of allylic oxidation sites excluding steroid dienone is 2. The number of benzene rings is 1. The van der Waals surface area contributed by atoms with Gasteiger partial charge in [-0.25, -0.2) is 8.78 Å². The van der Waals surface area contributed by atoms with Gasteiger partial charge in [0.2, 0.25) is 0 Å². The van der Waals surface area contributed by atoms with Gasteiger partial charge in [0.05, 0.1) is 0 Å². The number of nitrogens with two attached hydrogens (primary N) is 1. The second kappa shape index (κ2) is 4.14. The molecule has 0 saturated carbocycles. The van der Waals surface area contributed by atoms with E-state index in [-0.39, 0.29) is 11.2 Å². The first-order valence-corrected chi connectivity index (χ1v) is 6.92. The highest BCUT2D eigenvalue weighted by Gasteiger charge is 2.46. The number of hydrogen-bond acceptors (Lipinski definition) is 2. The van der Waals surface area contributed by atoms with Crippen molar-refractivity contribution in [2.24, 2.45) is 5.41 Å². The Balaban J connectivity index is 2.34. The minimum absolute atomic E-state index is 0.0783. The number of fused-ring (bicyclic) bond motifs is 3. The largest absolute Gasteiger partial charge is 0.394 e. The van der Waals surface area contributed by atoms with Crippen molar-refractivity contribution in [3.8, 4) is 0 Å². The molecule has 2 aliphatic rings. The summed E-state index contributed by atoms with van der Waals surface area (Å²) in [7, 11) is 0. The van der Waals surface area contributed by atoms with Crippen LogP contribution in [0.5, 0.6) is 0 Å². The Morgan fingerprint density at radius 3 is 2.75 bits per heavy atom. The van der Waals surface area contributed by atoms with E-state index in [1.807, 2.05) is 6.92 Å². The maximum Gasteiger partial charge on any atom is 0.158 e. The fraction of sp³-hybridized carbons (Fsp3) is 0.438. The monoisotopic (exact) mass is 277 g/mol. The highest BCUT2D eigenvalue weighted by atomic mass is 19.1. The van der Waals surface area contributed by atoms with Crippen molar-refractivity contribution < 1.29 is 13.6 Å². The molecule has 1 aromatic rings. The zero-order valence-corrected chi connectivity index (χ0v) is 11.6. The van der Waals surface area contributed by atoms with Gasteiger partial charge in [-0.2, -0.15) is 0 Å². The molecule has 0 amide bonds. The summed E-state index contributed by atoms with van der Waals surface area (Å²) < 4.78 is 28.0.